The monoisotopic (exact) mass is 470 g/mol. The quantitative estimate of drug-likeness (QED) is 0.441. The Balaban J connectivity index is 1.33. The van der Waals surface area contributed by atoms with Gasteiger partial charge in [-0.1, -0.05) is 48.0 Å². The van der Waals surface area contributed by atoms with Crippen LogP contribution >= 0.6 is 0 Å². The van der Waals surface area contributed by atoms with Gasteiger partial charge in [-0.15, -0.1) is 0 Å². The van der Waals surface area contributed by atoms with Gasteiger partial charge in [0.05, 0.1) is 12.8 Å². The lowest BCUT2D eigenvalue weighted by atomic mass is 10.1. The Morgan fingerprint density at radius 3 is 2.63 bits per heavy atom. The zero-order valence-corrected chi connectivity index (χ0v) is 20.3. The number of aryl methyl sites for hydroxylation is 2. The van der Waals surface area contributed by atoms with E-state index in [0.717, 1.165) is 22.2 Å². The third-order valence-electron chi connectivity index (χ3n) is 6.71. The fraction of sp³-hybridized carbons (Fsp3) is 0.286. The number of hydrogen-bond donors (Lipinski definition) is 1. The number of aromatic nitrogens is 1. The van der Waals surface area contributed by atoms with Crippen LogP contribution in [0.3, 0.4) is 0 Å². The van der Waals surface area contributed by atoms with Crippen molar-refractivity contribution < 1.29 is 14.0 Å². The van der Waals surface area contributed by atoms with E-state index in [1.807, 2.05) is 65.8 Å². The maximum atomic E-state index is 13.6. The van der Waals surface area contributed by atoms with Crippen molar-refractivity contribution in [2.45, 2.75) is 33.4 Å². The van der Waals surface area contributed by atoms with E-state index in [9.17, 15) is 9.59 Å². The van der Waals surface area contributed by atoms with Gasteiger partial charge in [0.1, 0.15) is 5.69 Å². The van der Waals surface area contributed by atoms with Crippen LogP contribution in [0.4, 0.5) is 10.5 Å². The molecule has 5 rings (SSSR count). The molecule has 0 saturated carbocycles. The van der Waals surface area contributed by atoms with Gasteiger partial charge >= 0.3 is 6.03 Å². The van der Waals surface area contributed by atoms with Crippen molar-refractivity contribution in [3.8, 4) is 0 Å². The molecule has 4 aromatic rings. The number of benzene rings is 2. The molecule has 1 saturated heterocycles. The summed E-state index contributed by atoms with van der Waals surface area (Å²) in [6, 6.07) is 19.5. The highest BCUT2D eigenvalue weighted by molar-refractivity contribution is 5.98. The van der Waals surface area contributed by atoms with Crippen LogP contribution in [0.1, 0.15) is 34.1 Å². The van der Waals surface area contributed by atoms with Crippen LogP contribution in [0.15, 0.2) is 71.3 Å². The van der Waals surface area contributed by atoms with Crippen LogP contribution in [-0.4, -0.2) is 52.0 Å². The number of hydrogen-bond acceptors (Lipinski definition) is 3. The van der Waals surface area contributed by atoms with Gasteiger partial charge in [-0.2, -0.15) is 0 Å². The van der Waals surface area contributed by atoms with E-state index in [0.29, 0.717) is 37.6 Å². The van der Waals surface area contributed by atoms with Crippen molar-refractivity contribution in [3.05, 3.63) is 89.3 Å². The normalized spacial score (nSPS) is 16.0. The molecule has 35 heavy (non-hydrogen) atoms. The summed E-state index contributed by atoms with van der Waals surface area (Å²) in [7, 11) is 0. The molecular weight excluding hydrogens is 440 g/mol. The Kier molecular flexibility index (Phi) is 6.07. The van der Waals surface area contributed by atoms with Gasteiger partial charge in [0, 0.05) is 36.7 Å². The Morgan fingerprint density at radius 1 is 1.03 bits per heavy atom. The number of para-hydroxylation sites is 1. The highest BCUT2D eigenvalue weighted by atomic mass is 16.3. The number of fused-ring (bicyclic) bond motifs is 1. The Hall–Kier alpha value is -4.00. The molecule has 180 valence electrons. The Morgan fingerprint density at radius 2 is 1.86 bits per heavy atom. The molecule has 2 aromatic carbocycles. The van der Waals surface area contributed by atoms with Crippen LogP contribution in [-0.2, 0) is 6.54 Å². The molecule has 1 aliphatic rings. The largest absolute Gasteiger partial charge is 0.448 e. The van der Waals surface area contributed by atoms with Gasteiger partial charge in [0.15, 0.2) is 0 Å². The highest BCUT2D eigenvalue weighted by Gasteiger charge is 2.32. The number of amides is 3. The Bertz CT molecular complexity index is 1390. The maximum Gasteiger partial charge on any atom is 0.322 e. The summed E-state index contributed by atoms with van der Waals surface area (Å²) in [4.78, 5) is 30.2. The molecule has 1 unspecified atom stereocenters. The number of nitrogens with zero attached hydrogens (tertiary/aromatic N) is 3. The lowest BCUT2D eigenvalue weighted by molar-refractivity contribution is 0.0582. The number of piperazine rings is 1. The lowest BCUT2D eigenvalue weighted by Crippen LogP contribution is -2.56. The summed E-state index contributed by atoms with van der Waals surface area (Å²) < 4.78 is 7.69. The van der Waals surface area contributed by atoms with E-state index >= 15 is 0 Å². The molecule has 1 aliphatic heterocycles. The first kappa shape index (κ1) is 22.8. The van der Waals surface area contributed by atoms with Crippen molar-refractivity contribution in [3.63, 3.8) is 0 Å². The summed E-state index contributed by atoms with van der Waals surface area (Å²) >= 11 is 0. The first-order chi connectivity index (χ1) is 16.9. The average Bonchev–Trinajstić information content (AvgIpc) is 3.43. The van der Waals surface area contributed by atoms with Crippen LogP contribution in [0, 0.1) is 13.8 Å². The number of anilines is 1. The van der Waals surface area contributed by atoms with Crippen LogP contribution < -0.4 is 5.32 Å². The van der Waals surface area contributed by atoms with Gasteiger partial charge in [0.2, 0.25) is 5.71 Å². The molecule has 1 N–H and O–H groups in total. The molecule has 0 aliphatic carbocycles. The lowest BCUT2D eigenvalue weighted by Gasteiger charge is -2.39. The van der Waals surface area contributed by atoms with E-state index in [-0.39, 0.29) is 18.0 Å². The molecule has 1 atom stereocenters. The Labute approximate surface area is 204 Å². The smallest absolute Gasteiger partial charge is 0.322 e. The number of carbonyl (C=O) groups excluding carboxylic acids is 2. The predicted octanol–water partition coefficient (Wildman–Crippen LogP) is 5.28. The number of carbonyl (C=O) groups is 2. The zero-order chi connectivity index (χ0) is 24.5. The summed E-state index contributed by atoms with van der Waals surface area (Å²) in [6.07, 6.45) is 1.65. The van der Waals surface area contributed by atoms with Gasteiger partial charge in [-0.05, 0) is 50.1 Å². The van der Waals surface area contributed by atoms with Gasteiger partial charge in [-0.25, -0.2) is 4.79 Å². The molecule has 3 heterocycles. The third-order valence-corrected chi connectivity index (χ3v) is 6.71. The topological polar surface area (TPSA) is 70.7 Å². The van der Waals surface area contributed by atoms with Crippen LogP contribution in [0.25, 0.3) is 11.1 Å². The number of furan rings is 1. The third kappa shape index (κ3) is 4.54. The number of nitrogens with one attached hydrogen (secondary N) is 1. The molecule has 0 bridgehead atoms. The number of urea groups is 1. The highest BCUT2D eigenvalue weighted by Crippen LogP contribution is 2.25. The molecule has 7 nitrogen and oxygen atoms in total. The first-order valence-electron chi connectivity index (χ1n) is 12.0. The van der Waals surface area contributed by atoms with Gasteiger partial charge in [0.25, 0.3) is 5.91 Å². The van der Waals surface area contributed by atoms with E-state index in [4.69, 9.17) is 4.42 Å². The molecule has 0 radical (unpaired) electrons. The molecule has 0 spiro atoms. The summed E-state index contributed by atoms with van der Waals surface area (Å²) in [5, 5.41) is 3.92. The minimum absolute atomic E-state index is 0.0464. The second-order valence-corrected chi connectivity index (χ2v) is 9.32. The van der Waals surface area contributed by atoms with E-state index in [1.165, 1.54) is 5.56 Å². The number of rotatable bonds is 4. The second-order valence-electron chi connectivity index (χ2n) is 9.32. The summed E-state index contributed by atoms with van der Waals surface area (Å²) in [5.41, 5.74) is 5.40. The van der Waals surface area contributed by atoms with Crippen molar-refractivity contribution in [2.24, 2.45) is 0 Å². The van der Waals surface area contributed by atoms with Crippen molar-refractivity contribution >= 4 is 28.7 Å². The second kappa shape index (κ2) is 9.33. The molecular formula is C28H30N4O3. The minimum atomic E-state index is -0.140. The van der Waals surface area contributed by atoms with E-state index in [1.54, 1.807) is 11.2 Å². The zero-order valence-electron chi connectivity index (χ0n) is 20.3. The van der Waals surface area contributed by atoms with E-state index < -0.39 is 0 Å². The standard InChI is InChI=1S/C28H30N4O3/c1-19-7-6-9-22(15-19)18-32-25(16-23-11-14-35-27(23)32)26(33)30-12-13-31(21(3)17-30)28(34)29-24-10-5-4-8-20(24)2/h4-11,14-16,21H,12-13,17-18H2,1-3H3,(H,29,34). The van der Waals surface area contributed by atoms with Crippen LogP contribution in [0.2, 0.25) is 0 Å². The van der Waals surface area contributed by atoms with Crippen LogP contribution in [0.5, 0.6) is 0 Å². The summed E-state index contributed by atoms with van der Waals surface area (Å²) in [6.45, 7) is 7.97. The molecule has 1 fully saturated rings. The van der Waals surface area contributed by atoms with Crippen molar-refractivity contribution in [2.75, 3.05) is 25.0 Å². The van der Waals surface area contributed by atoms with E-state index in [2.05, 4.69) is 30.4 Å². The van der Waals surface area contributed by atoms with Crippen molar-refractivity contribution in [1.82, 2.24) is 14.4 Å². The summed E-state index contributed by atoms with van der Waals surface area (Å²) in [5.74, 6) is -0.0464. The average molecular weight is 471 g/mol. The SMILES string of the molecule is Cc1cccc(Cn2c(C(=O)N3CCN(C(=O)Nc4ccccc4C)C(C)C3)cc3ccoc32)c1. The minimum Gasteiger partial charge on any atom is -0.448 e. The molecule has 7 heteroatoms. The molecule has 3 amide bonds. The fourth-order valence-corrected chi connectivity index (χ4v) is 4.81. The van der Waals surface area contributed by atoms with Gasteiger partial charge in [-0.3, -0.25) is 4.79 Å². The van der Waals surface area contributed by atoms with Gasteiger partial charge < -0.3 is 24.1 Å². The fourth-order valence-electron chi connectivity index (χ4n) is 4.81. The first-order valence-corrected chi connectivity index (χ1v) is 12.0. The van der Waals surface area contributed by atoms with Crippen molar-refractivity contribution in [1.29, 1.82) is 0 Å². The predicted molar refractivity (Wildman–Crippen MR) is 137 cm³/mol. The molecule has 2 aromatic heterocycles. The maximum absolute atomic E-state index is 13.6.